The number of benzene rings is 2. The van der Waals surface area contributed by atoms with Crippen molar-refractivity contribution < 1.29 is 13.6 Å². The molecule has 0 saturated heterocycles. The Balaban J connectivity index is 1.95. The van der Waals surface area contributed by atoms with Gasteiger partial charge in [0.1, 0.15) is 11.6 Å². The number of hydrogen-bond donors (Lipinski definition) is 1. The fourth-order valence-corrected chi connectivity index (χ4v) is 3.72. The molecule has 164 valence electrons. The summed E-state index contributed by atoms with van der Waals surface area (Å²) < 4.78 is 28.8. The van der Waals surface area contributed by atoms with Crippen LogP contribution in [-0.2, 0) is 0 Å². The van der Waals surface area contributed by atoms with Crippen LogP contribution in [0, 0.1) is 11.6 Å². The summed E-state index contributed by atoms with van der Waals surface area (Å²) in [5.41, 5.74) is -0.325. The van der Waals surface area contributed by atoms with Gasteiger partial charge < -0.3 is 10.2 Å². The molecule has 1 heterocycles. The molecule has 1 amide bonds. The van der Waals surface area contributed by atoms with Crippen LogP contribution < -0.4 is 10.9 Å². The predicted octanol–water partition coefficient (Wildman–Crippen LogP) is 4.12. The Morgan fingerprint density at radius 1 is 1.00 bits per heavy atom. The number of carbonyl (C=O) groups is 1. The first-order chi connectivity index (χ1) is 15.0. The van der Waals surface area contributed by atoms with E-state index in [1.165, 1.54) is 12.3 Å². The van der Waals surface area contributed by atoms with Gasteiger partial charge in [-0.1, -0.05) is 32.0 Å². The third-order valence-electron chi connectivity index (χ3n) is 5.13. The number of amides is 1. The number of halogens is 2. The highest BCUT2D eigenvalue weighted by atomic mass is 19.1. The molecular formula is C24H27F2N3O2. The van der Waals surface area contributed by atoms with Gasteiger partial charge >= 0.3 is 0 Å². The minimum absolute atomic E-state index is 0.108. The van der Waals surface area contributed by atoms with Crippen LogP contribution in [0.1, 0.15) is 37.0 Å². The lowest BCUT2D eigenvalue weighted by atomic mass is 10.1. The molecule has 0 aliphatic carbocycles. The molecule has 7 heteroatoms. The van der Waals surface area contributed by atoms with Gasteiger partial charge in [0.25, 0.3) is 11.5 Å². The highest BCUT2D eigenvalue weighted by Gasteiger charge is 2.17. The number of carbonyl (C=O) groups excluding carboxylic acids is 1. The Morgan fingerprint density at radius 2 is 1.68 bits per heavy atom. The quantitative estimate of drug-likeness (QED) is 0.559. The van der Waals surface area contributed by atoms with E-state index < -0.39 is 17.2 Å². The van der Waals surface area contributed by atoms with E-state index >= 15 is 0 Å². The summed E-state index contributed by atoms with van der Waals surface area (Å²) in [6, 6.07) is 9.70. The lowest BCUT2D eigenvalue weighted by molar-refractivity contribution is 0.0949. The van der Waals surface area contributed by atoms with Crippen molar-refractivity contribution in [1.29, 1.82) is 0 Å². The maximum atomic E-state index is 14.4. The summed E-state index contributed by atoms with van der Waals surface area (Å²) in [6.45, 7) is 7.33. The van der Waals surface area contributed by atoms with Crippen molar-refractivity contribution in [1.82, 2.24) is 14.8 Å². The first kappa shape index (κ1) is 22.6. The number of pyridine rings is 1. The maximum absolute atomic E-state index is 14.4. The fourth-order valence-electron chi connectivity index (χ4n) is 3.72. The monoisotopic (exact) mass is 427 g/mol. The number of rotatable bonds is 9. The zero-order chi connectivity index (χ0) is 22.4. The zero-order valence-corrected chi connectivity index (χ0v) is 17.8. The van der Waals surface area contributed by atoms with E-state index in [-0.39, 0.29) is 22.5 Å². The molecule has 0 aliphatic heterocycles. The minimum Gasteiger partial charge on any atom is -0.351 e. The van der Waals surface area contributed by atoms with Crippen LogP contribution in [0.2, 0.25) is 0 Å². The predicted molar refractivity (Wildman–Crippen MR) is 119 cm³/mol. The van der Waals surface area contributed by atoms with Gasteiger partial charge in [-0.05, 0) is 44.1 Å². The SMILES string of the molecule is CCCN(CCC)CCNC(=O)c1cn(-c2ccc(F)cc2F)c(=O)c2ccccc12. The van der Waals surface area contributed by atoms with Gasteiger partial charge in [0, 0.05) is 36.1 Å². The van der Waals surface area contributed by atoms with Gasteiger partial charge in [0.05, 0.1) is 11.3 Å². The minimum atomic E-state index is -0.876. The normalized spacial score (nSPS) is 11.3. The average molecular weight is 427 g/mol. The molecule has 1 N–H and O–H groups in total. The molecule has 3 aromatic rings. The molecule has 2 aromatic carbocycles. The number of nitrogens with one attached hydrogen (secondary N) is 1. The summed E-state index contributed by atoms with van der Waals surface area (Å²) in [7, 11) is 0. The molecule has 0 unspecified atom stereocenters. The van der Waals surface area contributed by atoms with Gasteiger partial charge in [0.2, 0.25) is 0 Å². The van der Waals surface area contributed by atoms with Gasteiger partial charge in [-0.3, -0.25) is 14.2 Å². The lowest BCUT2D eigenvalue weighted by Gasteiger charge is -2.21. The molecule has 3 rings (SSSR count). The molecule has 5 nitrogen and oxygen atoms in total. The first-order valence-electron chi connectivity index (χ1n) is 10.6. The highest BCUT2D eigenvalue weighted by Crippen LogP contribution is 2.19. The largest absolute Gasteiger partial charge is 0.351 e. The van der Waals surface area contributed by atoms with Crippen LogP contribution in [-0.4, -0.2) is 41.6 Å². The van der Waals surface area contributed by atoms with Crippen LogP contribution in [0.3, 0.4) is 0 Å². The summed E-state index contributed by atoms with van der Waals surface area (Å²) in [5.74, 6) is -1.96. The summed E-state index contributed by atoms with van der Waals surface area (Å²) >= 11 is 0. The standard InChI is InChI=1S/C24H27F2N3O2/c1-3-12-28(13-4-2)14-11-27-23(30)20-16-29(22-10-9-17(25)15-21(22)26)24(31)19-8-6-5-7-18(19)20/h5-10,15-16H,3-4,11-14H2,1-2H3,(H,27,30). The first-order valence-corrected chi connectivity index (χ1v) is 10.6. The lowest BCUT2D eigenvalue weighted by Crippen LogP contribution is -2.36. The molecule has 0 spiro atoms. The van der Waals surface area contributed by atoms with E-state index in [2.05, 4.69) is 24.1 Å². The van der Waals surface area contributed by atoms with Crippen molar-refractivity contribution in [2.75, 3.05) is 26.2 Å². The van der Waals surface area contributed by atoms with Crippen molar-refractivity contribution in [3.05, 3.63) is 76.2 Å². The summed E-state index contributed by atoms with van der Waals surface area (Å²) in [5, 5.41) is 3.69. The van der Waals surface area contributed by atoms with Crippen LogP contribution in [0.4, 0.5) is 8.78 Å². The molecule has 0 saturated carbocycles. The summed E-state index contributed by atoms with van der Waals surface area (Å²) in [4.78, 5) is 28.2. The van der Waals surface area contributed by atoms with Gasteiger partial charge in [-0.25, -0.2) is 8.78 Å². The van der Waals surface area contributed by atoms with E-state index in [9.17, 15) is 18.4 Å². The number of hydrogen-bond acceptors (Lipinski definition) is 3. The second-order valence-corrected chi connectivity index (χ2v) is 7.46. The van der Waals surface area contributed by atoms with Crippen LogP contribution in [0.15, 0.2) is 53.5 Å². The van der Waals surface area contributed by atoms with Crippen molar-refractivity contribution in [2.45, 2.75) is 26.7 Å². The maximum Gasteiger partial charge on any atom is 0.263 e. The smallest absolute Gasteiger partial charge is 0.263 e. The molecule has 0 bridgehead atoms. The molecule has 1 aromatic heterocycles. The number of fused-ring (bicyclic) bond motifs is 1. The van der Waals surface area contributed by atoms with Crippen molar-refractivity contribution in [2.24, 2.45) is 0 Å². The Morgan fingerprint density at radius 3 is 2.32 bits per heavy atom. The van der Waals surface area contributed by atoms with Crippen LogP contribution in [0.5, 0.6) is 0 Å². The molecule has 31 heavy (non-hydrogen) atoms. The Bertz CT molecular complexity index is 1120. The third kappa shape index (κ3) is 5.17. The van der Waals surface area contributed by atoms with Crippen molar-refractivity contribution >= 4 is 16.7 Å². The molecule has 0 atom stereocenters. The van der Waals surface area contributed by atoms with E-state index in [4.69, 9.17) is 0 Å². The second kappa shape index (κ2) is 10.3. The Hall–Kier alpha value is -3.06. The van der Waals surface area contributed by atoms with Crippen LogP contribution >= 0.6 is 0 Å². The van der Waals surface area contributed by atoms with E-state index in [0.717, 1.165) is 43.1 Å². The third-order valence-corrected chi connectivity index (χ3v) is 5.13. The number of nitrogens with zero attached hydrogens (tertiary/aromatic N) is 2. The van der Waals surface area contributed by atoms with Crippen molar-refractivity contribution in [3.63, 3.8) is 0 Å². The summed E-state index contributed by atoms with van der Waals surface area (Å²) in [6.07, 6.45) is 3.39. The second-order valence-electron chi connectivity index (χ2n) is 7.46. The van der Waals surface area contributed by atoms with Gasteiger partial charge in [-0.15, -0.1) is 0 Å². The highest BCUT2D eigenvalue weighted by molar-refractivity contribution is 6.06. The van der Waals surface area contributed by atoms with E-state index in [1.807, 2.05) is 0 Å². The topological polar surface area (TPSA) is 54.3 Å². The van der Waals surface area contributed by atoms with Gasteiger partial charge in [0.15, 0.2) is 0 Å². The van der Waals surface area contributed by atoms with Crippen molar-refractivity contribution in [3.8, 4) is 5.69 Å². The van der Waals surface area contributed by atoms with E-state index in [0.29, 0.717) is 18.0 Å². The average Bonchev–Trinajstić information content (AvgIpc) is 2.75. The number of aromatic nitrogens is 1. The fraction of sp³-hybridized carbons (Fsp3) is 0.333. The molecular weight excluding hydrogens is 400 g/mol. The molecule has 0 aliphatic rings. The Kier molecular flexibility index (Phi) is 7.52. The Labute approximate surface area is 180 Å². The van der Waals surface area contributed by atoms with Gasteiger partial charge in [-0.2, -0.15) is 0 Å². The van der Waals surface area contributed by atoms with Crippen LogP contribution in [0.25, 0.3) is 16.5 Å². The molecule has 0 fully saturated rings. The van der Waals surface area contributed by atoms with E-state index in [1.54, 1.807) is 24.3 Å². The zero-order valence-electron chi connectivity index (χ0n) is 17.8. The molecule has 0 radical (unpaired) electrons.